The van der Waals surface area contributed by atoms with E-state index in [0.29, 0.717) is 18.1 Å². The maximum atomic E-state index is 4.84. The van der Waals surface area contributed by atoms with Gasteiger partial charge < -0.3 is 10.2 Å². The molecule has 1 aliphatic carbocycles. The van der Waals surface area contributed by atoms with Crippen molar-refractivity contribution in [3.8, 4) is 11.1 Å². The van der Waals surface area contributed by atoms with Crippen molar-refractivity contribution in [1.29, 1.82) is 0 Å². The molecule has 1 aromatic carbocycles. The molecule has 2 saturated heterocycles. The van der Waals surface area contributed by atoms with Crippen molar-refractivity contribution in [2.45, 2.75) is 69.1 Å². The van der Waals surface area contributed by atoms with E-state index in [1.54, 1.807) is 17.7 Å². The lowest BCUT2D eigenvalue weighted by Gasteiger charge is -2.42. The minimum Gasteiger partial charge on any atom is -0.350 e. The van der Waals surface area contributed by atoms with Crippen LogP contribution in [0.1, 0.15) is 44.9 Å². The summed E-state index contributed by atoms with van der Waals surface area (Å²) in [5.74, 6) is 1.17. The summed E-state index contributed by atoms with van der Waals surface area (Å²) in [5.41, 5.74) is 2.55. The van der Waals surface area contributed by atoms with E-state index >= 15 is 0 Å². The molecule has 4 nitrogen and oxygen atoms in total. The summed E-state index contributed by atoms with van der Waals surface area (Å²) in [5, 5.41) is 7.45. The van der Waals surface area contributed by atoms with E-state index in [4.69, 9.17) is 4.98 Å². The Morgan fingerprint density at radius 1 is 0.929 bits per heavy atom. The fourth-order valence-corrected chi connectivity index (χ4v) is 6.36. The van der Waals surface area contributed by atoms with Gasteiger partial charge in [0.1, 0.15) is 17.0 Å². The molecule has 2 aromatic heterocycles. The normalized spacial score (nSPS) is 27.3. The van der Waals surface area contributed by atoms with Gasteiger partial charge in [-0.2, -0.15) is 0 Å². The zero-order chi connectivity index (χ0) is 18.5. The van der Waals surface area contributed by atoms with Crippen LogP contribution in [0.5, 0.6) is 0 Å². The number of hydrogen-bond donors (Lipinski definition) is 1. The van der Waals surface area contributed by atoms with Gasteiger partial charge in [-0.3, -0.25) is 0 Å². The van der Waals surface area contributed by atoms with E-state index in [1.165, 1.54) is 67.3 Å². The van der Waals surface area contributed by atoms with Crippen LogP contribution in [0.2, 0.25) is 0 Å². The van der Waals surface area contributed by atoms with E-state index < -0.39 is 0 Å². The van der Waals surface area contributed by atoms with Gasteiger partial charge in [-0.25, -0.2) is 9.97 Å². The van der Waals surface area contributed by atoms with Gasteiger partial charge in [-0.05, 0) is 44.1 Å². The van der Waals surface area contributed by atoms with Gasteiger partial charge in [0.15, 0.2) is 0 Å². The van der Waals surface area contributed by atoms with E-state index in [0.717, 1.165) is 10.9 Å². The molecule has 0 amide bonds. The summed E-state index contributed by atoms with van der Waals surface area (Å²) < 4.78 is 0. The van der Waals surface area contributed by atoms with Gasteiger partial charge in [0.2, 0.25) is 0 Å². The molecule has 4 heterocycles. The van der Waals surface area contributed by atoms with Gasteiger partial charge in [-0.1, -0.05) is 36.8 Å². The number of aromatic nitrogens is 2. The van der Waals surface area contributed by atoms with E-state index in [2.05, 4.69) is 50.9 Å². The van der Waals surface area contributed by atoms with Crippen molar-refractivity contribution >= 4 is 27.4 Å². The fourth-order valence-electron chi connectivity index (χ4n) is 5.45. The summed E-state index contributed by atoms with van der Waals surface area (Å²) in [6.07, 6.45) is 11.0. The number of fused-ring (bicyclic) bond motifs is 3. The van der Waals surface area contributed by atoms with Crippen molar-refractivity contribution < 1.29 is 0 Å². The number of hydrogen-bond acceptors (Lipinski definition) is 5. The summed E-state index contributed by atoms with van der Waals surface area (Å²) in [4.78, 5) is 13.2. The van der Waals surface area contributed by atoms with Crippen LogP contribution < -0.4 is 10.2 Å². The molecule has 1 saturated carbocycles. The Balaban J connectivity index is 1.36. The lowest BCUT2D eigenvalue weighted by atomic mass is 9.89. The minimum absolute atomic E-state index is 0.609. The van der Waals surface area contributed by atoms with Gasteiger partial charge in [-0.15, -0.1) is 11.3 Å². The molecule has 28 heavy (non-hydrogen) atoms. The predicted molar refractivity (Wildman–Crippen MR) is 116 cm³/mol. The standard InChI is InChI=1S/C23H26N4S/c1-2-5-15(6-3-1)20-13-28-23-21(20)22(24-14-25-23)27-18-9-10-19(27)12-17(11-18)26-16-7-4-8-16/h1-3,5-6,13-14,16-19,26H,4,7-12H2. The van der Waals surface area contributed by atoms with Crippen LogP contribution in [0, 0.1) is 0 Å². The Kier molecular flexibility index (Phi) is 4.12. The summed E-state index contributed by atoms with van der Waals surface area (Å²) in [6.45, 7) is 0. The van der Waals surface area contributed by atoms with Crippen LogP contribution in [0.15, 0.2) is 42.0 Å². The van der Waals surface area contributed by atoms with E-state index in [-0.39, 0.29) is 0 Å². The van der Waals surface area contributed by atoms with Crippen LogP contribution in [0.4, 0.5) is 5.82 Å². The molecule has 2 unspecified atom stereocenters. The molecule has 6 rings (SSSR count). The summed E-state index contributed by atoms with van der Waals surface area (Å²) in [6, 6.07) is 13.4. The van der Waals surface area contributed by atoms with Crippen LogP contribution in [-0.2, 0) is 0 Å². The molecular formula is C23H26N4S. The summed E-state index contributed by atoms with van der Waals surface area (Å²) in [7, 11) is 0. The highest BCUT2D eigenvalue weighted by Crippen LogP contribution is 2.44. The number of anilines is 1. The first-order valence-electron chi connectivity index (χ1n) is 10.7. The number of rotatable bonds is 4. The number of piperidine rings is 1. The molecule has 3 aromatic rings. The molecule has 2 atom stereocenters. The topological polar surface area (TPSA) is 41.1 Å². The van der Waals surface area contributed by atoms with Crippen molar-refractivity contribution in [2.24, 2.45) is 0 Å². The number of benzene rings is 1. The molecule has 3 fully saturated rings. The maximum absolute atomic E-state index is 4.84. The van der Waals surface area contributed by atoms with E-state index in [1.807, 2.05) is 0 Å². The highest BCUT2D eigenvalue weighted by molar-refractivity contribution is 7.17. The second-order valence-electron chi connectivity index (χ2n) is 8.65. The van der Waals surface area contributed by atoms with Gasteiger partial charge in [0.05, 0.1) is 5.39 Å². The number of thiophene rings is 1. The third-order valence-electron chi connectivity index (χ3n) is 6.99. The Hall–Kier alpha value is -1.98. The maximum Gasteiger partial charge on any atom is 0.141 e. The molecule has 2 aliphatic heterocycles. The molecular weight excluding hydrogens is 364 g/mol. The second-order valence-corrected chi connectivity index (χ2v) is 9.51. The molecule has 144 valence electrons. The first-order valence-corrected chi connectivity index (χ1v) is 11.6. The second kappa shape index (κ2) is 6.82. The highest BCUT2D eigenvalue weighted by atomic mass is 32.1. The molecule has 0 radical (unpaired) electrons. The molecule has 0 spiro atoms. The van der Waals surface area contributed by atoms with Crippen molar-refractivity contribution in [3.05, 3.63) is 42.0 Å². The molecule has 1 N–H and O–H groups in total. The van der Waals surface area contributed by atoms with Crippen molar-refractivity contribution in [1.82, 2.24) is 15.3 Å². The SMILES string of the molecule is c1ccc(-c2csc3ncnc(N4C5CCC4CC(NC4CCC4)C5)c23)cc1. The largest absolute Gasteiger partial charge is 0.350 e. The fraction of sp³-hybridized carbons (Fsp3) is 0.478. The van der Waals surface area contributed by atoms with E-state index in [9.17, 15) is 0 Å². The Morgan fingerprint density at radius 3 is 2.43 bits per heavy atom. The quantitative estimate of drug-likeness (QED) is 0.681. The smallest absolute Gasteiger partial charge is 0.141 e. The number of nitrogens with zero attached hydrogens (tertiary/aromatic N) is 3. The van der Waals surface area contributed by atoms with Gasteiger partial charge in [0, 0.05) is 35.1 Å². The minimum atomic E-state index is 0.609. The Bertz CT molecular complexity index is 967. The van der Waals surface area contributed by atoms with Crippen LogP contribution >= 0.6 is 11.3 Å². The Morgan fingerprint density at radius 2 is 1.71 bits per heavy atom. The first-order chi connectivity index (χ1) is 13.9. The highest BCUT2D eigenvalue weighted by Gasteiger charge is 2.43. The zero-order valence-electron chi connectivity index (χ0n) is 16.1. The predicted octanol–water partition coefficient (Wildman–Crippen LogP) is 5.00. The van der Waals surface area contributed by atoms with Crippen LogP contribution in [0.25, 0.3) is 21.3 Å². The average Bonchev–Trinajstić information content (AvgIpc) is 3.24. The van der Waals surface area contributed by atoms with Crippen molar-refractivity contribution in [2.75, 3.05) is 4.90 Å². The van der Waals surface area contributed by atoms with Crippen molar-refractivity contribution in [3.63, 3.8) is 0 Å². The number of nitrogens with one attached hydrogen (secondary N) is 1. The monoisotopic (exact) mass is 390 g/mol. The third kappa shape index (κ3) is 2.75. The lowest BCUT2D eigenvalue weighted by molar-refractivity contribution is 0.260. The van der Waals surface area contributed by atoms with Gasteiger partial charge in [0.25, 0.3) is 0 Å². The lowest BCUT2D eigenvalue weighted by Crippen LogP contribution is -2.52. The Labute approximate surface area is 170 Å². The zero-order valence-corrected chi connectivity index (χ0v) is 16.9. The third-order valence-corrected chi connectivity index (χ3v) is 7.88. The molecule has 3 aliphatic rings. The van der Waals surface area contributed by atoms with Gasteiger partial charge >= 0.3 is 0 Å². The van der Waals surface area contributed by atoms with Crippen LogP contribution in [-0.4, -0.2) is 34.1 Å². The van der Waals surface area contributed by atoms with Crippen LogP contribution in [0.3, 0.4) is 0 Å². The average molecular weight is 391 g/mol. The first kappa shape index (κ1) is 16.9. The molecule has 2 bridgehead atoms. The summed E-state index contributed by atoms with van der Waals surface area (Å²) >= 11 is 1.74. The molecule has 5 heteroatoms.